The summed E-state index contributed by atoms with van der Waals surface area (Å²) in [5.41, 5.74) is 2.87. The Morgan fingerprint density at radius 3 is 2.16 bits per heavy atom. The van der Waals surface area contributed by atoms with E-state index in [9.17, 15) is 9.59 Å². The maximum Gasteiger partial charge on any atom is 0.253 e. The molecule has 2 aromatic rings. The number of carbonyl (C=O) groups is 2. The van der Waals surface area contributed by atoms with Crippen LogP contribution in [0.15, 0.2) is 66.7 Å². The topological polar surface area (TPSA) is 37.4 Å². The molecule has 3 heteroatoms. The predicted octanol–water partition coefficient (Wildman–Crippen LogP) is 4.24. The molecular weight excluding hydrogens is 310 g/mol. The molecule has 0 radical (unpaired) electrons. The van der Waals surface area contributed by atoms with Gasteiger partial charge in [0.2, 0.25) is 5.91 Å². The number of hydrogen-bond acceptors (Lipinski definition) is 2. The van der Waals surface area contributed by atoms with Crippen molar-refractivity contribution in [2.75, 3.05) is 0 Å². The van der Waals surface area contributed by atoms with E-state index in [-0.39, 0.29) is 17.9 Å². The fourth-order valence-electron chi connectivity index (χ4n) is 3.00. The van der Waals surface area contributed by atoms with Gasteiger partial charge in [-0.05, 0) is 23.1 Å². The molecule has 1 aliphatic heterocycles. The van der Waals surface area contributed by atoms with Gasteiger partial charge in [-0.15, -0.1) is 0 Å². The van der Waals surface area contributed by atoms with Crippen molar-refractivity contribution in [1.82, 2.24) is 4.90 Å². The van der Waals surface area contributed by atoms with E-state index in [1.165, 1.54) is 16.5 Å². The Bertz CT molecular complexity index is 798. The smallest absolute Gasteiger partial charge is 0.253 e. The molecule has 25 heavy (non-hydrogen) atoms. The highest BCUT2D eigenvalue weighted by atomic mass is 16.2. The molecule has 0 bridgehead atoms. The molecule has 0 aromatic heterocycles. The van der Waals surface area contributed by atoms with Crippen molar-refractivity contribution >= 4 is 11.8 Å². The van der Waals surface area contributed by atoms with Gasteiger partial charge in [0.05, 0.1) is 6.04 Å². The second-order valence-corrected chi connectivity index (χ2v) is 7.46. The predicted molar refractivity (Wildman–Crippen MR) is 99.8 cm³/mol. The van der Waals surface area contributed by atoms with Crippen LogP contribution < -0.4 is 0 Å². The van der Waals surface area contributed by atoms with Crippen LogP contribution in [0.25, 0.3) is 11.1 Å². The molecule has 0 N–H and O–H groups in total. The highest BCUT2D eigenvalue weighted by molar-refractivity contribution is 6.05. The molecule has 1 aliphatic rings. The summed E-state index contributed by atoms with van der Waals surface area (Å²) in [6.07, 6.45) is 3.98. The zero-order valence-corrected chi connectivity index (χ0v) is 14.9. The summed E-state index contributed by atoms with van der Waals surface area (Å²) in [5.74, 6) is -0.348. The minimum absolute atomic E-state index is 0.131. The van der Waals surface area contributed by atoms with Crippen LogP contribution in [0.2, 0.25) is 0 Å². The average Bonchev–Trinajstić information content (AvgIpc) is 2.95. The van der Waals surface area contributed by atoms with E-state index in [1.807, 2.05) is 45.0 Å². The van der Waals surface area contributed by atoms with E-state index in [0.717, 1.165) is 11.1 Å². The summed E-state index contributed by atoms with van der Waals surface area (Å²) in [4.78, 5) is 26.1. The first-order valence-corrected chi connectivity index (χ1v) is 8.56. The lowest BCUT2D eigenvalue weighted by Gasteiger charge is -2.29. The molecular formula is C22H23NO2. The Labute approximate surface area is 149 Å². The van der Waals surface area contributed by atoms with E-state index in [4.69, 9.17) is 0 Å². The lowest BCUT2D eigenvalue weighted by molar-refractivity contribution is -0.148. The summed E-state index contributed by atoms with van der Waals surface area (Å²) in [7, 11) is 0. The third-order valence-corrected chi connectivity index (χ3v) is 4.40. The van der Waals surface area contributed by atoms with E-state index in [0.29, 0.717) is 6.42 Å². The normalized spacial score (nSPS) is 17.2. The summed E-state index contributed by atoms with van der Waals surface area (Å²) in [5, 5.41) is 0. The molecule has 0 unspecified atom stereocenters. The van der Waals surface area contributed by atoms with E-state index < -0.39 is 5.41 Å². The van der Waals surface area contributed by atoms with Gasteiger partial charge in [0.1, 0.15) is 0 Å². The average molecular weight is 333 g/mol. The number of hydrogen-bond donors (Lipinski definition) is 0. The summed E-state index contributed by atoms with van der Waals surface area (Å²) in [6.45, 7) is 5.52. The molecule has 2 aromatic carbocycles. The number of imide groups is 1. The molecule has 3 nitrogen and oxygen atoms in total. The molecule has 2 amide bonds. The van der Waals surface area contributed by atoms with Crippen LogP contribution in [0.4, 0.5) is 0 Å². The van der Waals surface area contributed by atoms with E-state index in [2.05, 4.69) is 36.4 Å². The highest BCUT2D eigenvalue weighted by Crippen LogP contribution is 2.26. The molecule has 1 atom stereocenters. The third kappa shape index (κ3) is 3.71. The number of nitrogens with zero attached hydrogens (tertiary/aromatic N) is 1. The van der Waals surface area contributed by atoms with Crippen molar-refractivity contribution in [3.63, 3.8) is 0 Å². The first-order valence-electron chi connectivity index (χ1n) is 8.56. The van der Waals surface area contributed by atoms with Crippen LogP contribution in [-0.2, 0) is 16.0 Å². The Morgan fingerprint density at radius 2 is 1.56 bits per heavy atom. The number of amides is 2. The minimum Gasteiger partial charge on any atom is -0.274 e. The summed E-state index contributed by atoms with van der Waals surface area (Å²) < 4.78 is 0. The lowest BCUT2D eigenvalue weighted by atomic mass is 9.93. The Kier molecular flexibility index (Phi) is 4.58. The number of benzene rings is 2. The van der Waals surface area contributed by atoms with Gasteiger partial charge in [-0.3, -0.25) is 14.5 Å². The molecule has 1 heterocycles. The minimum atomic E-state index is -0.572. The molecule has 0 saturated carbocycles. The molecule has 0 aliphatic carbocycles. The van der Waals surface area contributed by atoms with Gasteiger partial charge in [0, 0.05) is 11.5 Å². The summed E-state index contributed by atoms with van der Waals surface area (Å²) >= 11 is 0. The van der Waals surface area contributed by atoms with Crippen molar-refractivity contribution < 1.29 is 9.59 Å². The van der Waals surface area contributed by atoms with Crippen molar-refractivity contribution in [2.24, 2.45) is 5.41 Å². The Balaban J connectivity index is 1.76. The van der Waals surface area contributed by atoms with Gasteiger partial charge in [0.15, 0.2) is 0 Å². The van der Waals surface area contributed by atoms with Crippen molar-refractivity contribution in [2.45, 2.75) is 33.2 Å². The zero-order chi connectivity index (χ0) is 18.0. The second kappa shape index (κ2) is 6.67. The van der Waals surface area contributed by atoms with Crippen LogP contribution in [-0.4, -0.2) is 22.8 Å². The Hall–Kier alpha value is -2.68. The van der Waals surface area contributed by atoms with Gasteiger partial charge in [-0.2, -0.15) is 0 Å². The van der Waals surface area contributed by atoms with Gasteiger partial charge >= 0.3 is 0 Å². The van der Waals surface area contributed by atoms with E-state index in [1.54, 1.807) is 0 Å². The summed E-state index contributed by atoms with van der Waals surface area (Å²) in [6, 6.07) is 18.3. The molecule has 3 rings (SSSR count). The molecule has 0 fully saturated rings. The monoisotopic (exact) mass is 333 g/mol. The zero-order valence-electron chi connectivity index (χ0n) is 14.9. The SMILES string of the molecule is CC(C)(C)C(=O)N1C(=O)C=C[C@H]1Cc1ccc(-c2ccccc2)cc1. The van der Waals surface area contributed by atoms with Gasteiger partial charge in [-0.1, -0.05) is 81.4 Å². The standard InChI is InChI=1S/C22H23NO2/c1-22(2,3)21(25)23-19(13-14-20(23)24)15-16-9-11-18(12-10-16)17-7-5-4-6-8-17/h4-14,19H,15H2,1-3H3/t19-/m0/s1. The first kappa shape index (κ1) is 17.2. The lowest BCUT2D eigenvalue weighted by Crippen LogP contribution is -2.46. The quantitative estimate of drug-likeness (QED) is 0.843. The van der Waals surface area contributed by atoms with Crippen molar-refractivity contribution in [3.05, 3.63) is 72.3 Å². The maximum absolute atomic E-state index is 12.6. The second-order valence-electron chi connectivity index (χ2n) is 7.46. The van der Waals surface area contributed by atoms with Crippen molar-refractivity contribution in [1.29, 1.82) is 0 Å². The maximum atomic E-state index is 12.6. The molecule has 0 spiro atoms. The highest BCUT2D eigenvalue weighted by Gasteiger charge is 2.37. The Morgan fingerprint density at radius 1 is 0.960 bits per heavy atom. The molecule has 128 valence electrons. The fourth-order valence-corrected chi connectivity index (χ4v) is 3.00. The van der Waals surface area contributed by atoms with Crippen LogP contribution in [0.5, 0.6) is 0 Å². The van der Waals surface area contributed by atoms with Gasteiger partial charge < -0.3 is 0 Å². The third-order valence-electron chi connectivity index (χ3n) is 4.40. The number of carbonyl (C=O) groups excluding carboxylic acids is 2. The first-order chi connectivity index (χ1) is 11.9. The molecule has 0 saturated heterocycles. The van der Waals surface area contributed by atoms with Gasteiger partial charge in [0.25, 0.3) is 5.91 Å². The largest absolute Gasteiger partial charge is 0.274 e. The van der Waals surface area contributed by atoms with E-state index >= 15 is 0 Å². The fraction of sp³-hybridized carbons (Fsp3) is 0.273. The van der Waals surface area contributed by atoms with Crippen LogP contribution in [0, 0.1) is 5.41 Å². The van der Waals surface area contributed by atoms with Gasteiger partial charge in [-0.25, -0.2) is 0 Å². The van der Waals surface area contributed by atoms with Crippen LogP contribution in [0.3, 0.4) is 0 Å². The van der Waals surface area contributed by atoms with Crippen molar-refractivity contribution in [3.8, 4) is 11.1 Å². The van der Waals surface area contributed by atoms with Crippen LogP contribution >= 0.6 is 0 Å². The number of rotatable bonds is 3. The van der Waals surface area contributed by atoms with Crippen LogP contribution in [0.1, 0.15) is 26.3 Å².